The number of rotatable bonds is 4. The van der Waals surface area contributed by atoms with Crippen LogP contribution in [0.5, 0.6) is 5.75 Å². The van der Waals surface area contributed by atoms with Gasteiger partial charge in [0.2, 0.25) is 0 Å². The van der Waals surface area contributed by atoms with E-state index in [4.69, 9.17) is 4.74 Å². The number of ether oxygens (including phenoxy) is 1. The van der Waals surface area contributed by atoms with Crippen molar-refractivity contribution < 1.29 is 9.13 Å². The zero-order chi connectivity index (χ0) is 14.8. The molecule has 1 atom stereocenters. The van der Waals surface area contributed by atoms with E-state index < -0.39 is 0 Å². The van der Waals surface area contributed by atoms with Crippen molar-refractivity contribution >= 4 is 0 Å². The lowest BCUT2D eigenvalue weighted by molar-refractivity contribution is 0.387. The second kappa shape index (κ2) is 5.86. The Balaban J connectivity index is 2.09. The van der Waals surface area contributed by atoms with Crippen LogP contribution in [0.25, 0.3) is 11.1 Å². The minimum Gasteiger partial charge on any atom is -0.494 e. The third kappa shape index (κ3) is 2.42. The number of nitrogens with one attached hydrogen (secondary N) is 1. The van der Waals surface area contributed by atoms with Crippen molar-refractivity contribution in [2.75, 3.05) is 13.7 Å². The largest absolute Gasteiger partial charge is 0.494 e. The van der Waals surface area contributed by atoms with Crippen LogP contribution in [0.4, 0.5) is 4.39 Å². The van der Waals surface area contributed by atoms with Gasteiger partial charge in [-0.15, -0.1) is 0 Å². The highest BCUT2D eigenvalue weighted by Crippen LogP contribution is 2.39. The van der Waals surface area contributed by atoms with Crippen molar-refractivity contribution in [1.82, 2.24) is 5.32 Å². The van der Waals surface area contributed by atoms with Gasteiger partial charge in [0.15, 0.2) is 11.6 Å². The zero-order valence-electron chi connectivity index (χ0n) is 12.4. The summed E-state index contributed by atoms with van der Waals surface area (Å²) in [6.07, 6.45) is 2.06. The molecule has 0 bridgehead atoms. The fraction of sp³-hybridized carbons (Fsp3) is 0.333. The summed E-state index contributed by atoms with van der Waals surface area (Å²) in [5.74, 6) is 0.0200. The van der Waals surface area contributed by atoms with E-state index in [9.17, 15) is 4.39 Å². The van der Waals surface area contributed by atoms with E-state index in [1.807, 2.05) is 24.3 Å². The van der Waals surface area contributed by atoms with Crippen molar-refractivity contribution in [3.05, 3.63) is 53.3 Å². The highest BCUT2D eigenvalue weighted by atomic mass is 19.1. The zero-order valence-corrected chi connectivity index (χ0v) is 12.4. The quantitative estimate of drug-likeness (QED) is 0.913. The molecule has 2 aromatic rings. The molecule has 1 aliphatic rings. The summed E-state index contributed by atoms with van der Waals surface area (Å²) < 4.78 is 19.6. The van der Waals surface area contributed by atoms with Crippen molar-refractivity contribution in [2.24, 2.45) is 0 Å². The Morgan fingerprint density at radius 1 is 1.19 bits per heavy atom. The maximum Gasteiger partial charge on any atom is 0.172 e. The summed E-state index contributed by atoms with van der Waals surface area (Å²) in [5, 5.41) is 3.50. The Labute approximate surface area is 125 Å². The molecule has 110 valence electrons. The van der Waals surface area contributed by atoms with Gasteiger partial charge >= 0.3 is 0 Å². The van der Waals surface area contributed by atoms with E-state index in [0.29, 0.717) is 17.4 Å². The maximum atomic E-state index is 14.5. The lowest BCUT2D eigenvalue weighted by Gasteiger charge is -2.14. The Bertz CT molecular complexity index is 654. The smallest absolute Gasteiger partial charge is 0.172 e. The minimum atomic E-state index is -0.277. The number of hydrogen-bond acceptors (Lipinski definition) is 2. The van der Waals surface area contributed by atoms with Crippen LogP contribution in [0.1, 0.15) is 30.5 Å². The number of benzene rings is 2. The number of fused-ring (bicyclic) bond motifs is 1. The topological polar surface area (TPSA) is 21.3 Å². The van der Waals surface area contributed by atoms with Gasteiger partial charge in [-0.1, -0.05) is 37.3 Å². The molecule has 0 aromatic heterocycles. The summed E-state index contributed by atoms with van der Waals surface area (Å²) in [6, 6.07) is 11.9. The number of hydrogen-bond donors (Lipinski definition) is 1. The van der Waals surface area contributed by atoms with E-state index in [1.165, 1.54) is 18.2 Å². The Kier molecular flexibility index (Phi) is 3.93. The van der Waals surface area contributed by atoms with E-state index in [0.717, 1.165) is 24.9 Å². The SMILES string of the molecule is CCNC1CCc2c(-c3cccc(OC)c3F)cccc21. The Hall–Kier alpha value is -1.87. The van der Waals surface area contributed by atoms with E-state index in [1.54, 1.807) is 6.07 Å². The lowest BCUT2D eigenvalue weighted by Crippen LogP contribution is -2.18. The van der Waals surface area contributed by atoms with Gasteiger partial charge in [-0.05, 0) is 42.1 Å². The van der Waals surface area contributed by atoms with Gasteiger partial charge in [0.05, 0.1) is 7.11 Å². The fourth-order valence-electron chi connectivity index (χ4n) is 3.24. The highest BCUT2D eigenvalue weighted by molar-refractivity contribution is 5.72. The van der Waals surface area contributed by atoms with Gasteiger partial charge in [0.25, 0.3) is 0 Å². The van der Waals surface area contributed by atoms with E-state index in [-0.39, 0.29) is 5.82 Å². The van der Waals surface area contributed by atoms with Crippen LogP contribution in [0.15, 0.2) is 36.4 Å². The van der Waals surface area contributed by atoms with Gasteiger partial charge < -0.3 is 10.1 Å². The predicted molar refractivity (Wildman–Crippen MR) is 83.1 cm³/mol. The first-order valence-electron chi connectivity index (χ1n) is 7.44. The molecule has 0 spiro atoms. The lowest BCUT2D eigenvalue weighted by atomic mass is 9.96. The molecule has 0 fully saturated rings. The Morgan fingerprint density at radius 3 is 2.71 bits per heavy atom. The van der Waals surface area contributed by atoms with Crippen molar-refractivity contribution in [2.45, 2.75) is 25.8 Å². The molecule has 0 amide bonds. The summed E-state index contributed by atoms with van der Waals surface area (Å²) in [7, 11) is 1.50. The molecule has 3 heteroatoms. The molecule has 1 aliphatic carbocycles. The third-order valence-corrected chi connectivity index (χ3v) is 4.19. The predicted octanol–water partition coefficient (Wildman–Crippen LogP) is 4.10. The molecule has 2 aromatic carbocycles. The normalized spacial score (nSPS) is 16.8. The molecule has 0 saturated heterocycles. The van der Waals surface area contributed by atoms with Crippen LogP contribution in [0.3, 0.4) is 0 Å². The molecule has 21 heavy (non-hydrogen) atoms. The fourth-order valence-corrected chi connectivity index (χ4v) is 3.24. The second-order valence-corrected chi connectivity index (χ2v) is 5.34. The van der Waals surface area contributed by atoms with Gasteiger partial charge in [0.1, 0.15) is 0 Å². The van der Waals surface area contributed by atoms with Crippen molar-refractivity contribution in [1.29, 1.82) is 0 Å². The summed E-state index contributed by atoms with van der Waals surface area (Å²) in [4.78, 5) is 0. The van der Waals surface area contributed by atoms with E-state index in [2.05, 4.69) is 18.3 Å². The van der Waals surface area contributed by atoms with Gasteiger partial charge in [-0.25, -0.2) is 4.39 Å². The molecular formula is C18H20FNO. The third-order valence-electron chi connectivity index (χ3n) is 4.19. The van der Waals surface area contributed by atoms with E-state index >= 15 is 0 Å². The van der Waals surface area contributed by atoms with Crippen molar-refractivity contribution in [3.63, 3.8) is 0 Å². The molecule has 0 radical (unpaired) electrons. The molecule has 1 N–H and O–H groups in total. The number of halogens is 1. The minimum absolute atomic E-state index is 0.277. The Morgan fingerprint density at radius 2 is 1.95 bits per heavy atom. The highest BCUT2D eigenvalue weighted by Gasteiger charge is 2.25. The summed E-state index contributed by atoms with van der Waals surface area (Å²) in [5.41, 5.74) is 4.18. The van der Waals surface area contributed by atoms with Crippen LogP contribution < -0.4 is 10.1 Å². The van der Waals surface area contributed by atoms with Crippen LogP contribution in [0.2, 0.25) is 0 Å². The first-order chi connectivity index (χ1) is 10.3. The molecule has 0 heterocycles. The van der Waals surface area contributed by atoms with Crippen LogP contribution >= 0.6 is 0 Å². The average molecular weight is 285 g/mol. The molecule has 0 saturated carbocycles. The van der Waals surface area contributed by atoms with Gasteiger partial charge in [-0.2, -0.15) is 0 Å². The maximum absolute atomic E-state index is 14.5. The molecule has 3 rings (SSSR count). The van der Waals surface area contributed by atoms with Gasteiger partial charge in [-0.3, -0.25) is 0 Å². The van der Waals surface area contributed by atoms with Crippen LogP contribution in [-0.4, -0.2) is 13.7 Å². The monoisotopic (exact) mass is 285 g/mol. The average Bonchev–Trinajstić information content (AvgIpc) is 2.91. The molecular weight excluding hydrogens is 265 g/mol. The summed E-state index contributed by atoms with van der Waals surface area (Å²) >= 11 is 0. The summed E-state index contributed by atoms with van der Waals surface area (Å²) in [6.45, 7) is 3.06. The van der Waals surface area contributed by atoms with Crippen molar-refractivity contribution in [3.8, 4) is 16.9 Å². The first kappa shape index (κ1) is 14.1. The first-order valence-corrected chi connectivity index (χ1v) is 7.44. The molecule has 0 aliphatic heterocycles. The molecule has 2 nitrogen and oxygen atoms in total. The van der Waals surface area contributed by atoms with Crippen LogP contribution in [0, 0.1) is 5.82 Å². The number of methoxy groups -OCH3 is 1. The standard InChI is InChI=1S/C18H20FNO/c1-3-20-16-11-10-13-12(6-4-7-14(13)16)15-8-5-9-17(21-2)18(15)19/h4-9,16,20H,3,10-11H2,1-2H3. The van der Waals surface area contributed by atoms with Gasteiger partial charge in [0, 0.05) is 11.6 Å². The molecule has 1 unspecified atom stereocenters. The second-order valence-electron chi connectivity index (χ2n) is 5.34. The van der Waals surface area contributed by atoms with Crippen LogP contribution in [-0.2, 0) is 6.42 Å².